The number of carbonyl (C=O) groups excluding carboxylic acids is 1. The molecule has 0 saturated carbocycles. The number of sulfonamides is 1. The minimum atomic E-state index is -4.78. The van der Waals surface area contributed by atoms with E-state index in [0.717, 1.165) is 16.4 Å². The molecule has 1 fully saturated rings. The summed E-state index contributed by atoms with van der Waals surface area (Å²) in [5, 5.41) is -0.580. The average Bonchev–Trinajstić information content (AvgIpc) is 2.77. The monoisotopic (exact) mass is 490 g/mol. The summed E-state index contributed by atoms with van der Waals surface area (Å²) in [7, 11) is -4.19. The molecular weight excluding hydrogens is 473 g/mol. The summed E-state index contributed by atoms with van der Waals surface area (Å²) in [6.07, 6.45) is -5.65. The normalized spacial score (nSPS) is 19.6. The van der Waals surface area contributed by atoms with Gasteiger partial charge in [0.2, 0.25) is 16.1 Å². The molecule has 4 rings (SSSR count). The first-order valence-corrected chi connectivity index (χ1v) is 11.4. The summed E-state index contributed by atoms with van der Waals surface area (Å²) in [5.41, 5.74) is -1.22. The van der Waals surface area contributed by atoms with Crippen LogP contribution in [-0.4, -0.2) is 62.4 Å². The first-order valence-electron chi connectivity index (χ1n) is 9.61. The van der Waals surface area contributed by atoms with Crippen LogP contribution in [-0.2, 0) is 21.0 Å². The van der Waals surface area contributed by atoms with Crippen LogP contribution in [0.1, 0.15) is 5.56 Å². The molecule has 1 saturated heterocycles. The van der Waals surface area contributed by atoms with Crippen LogP contribution in [0, 0.1) is 0 Å². The maximum Gasteiger partial charge on any atom is 0.417 e. The summed E-state index contributed by atoms with van der Waals surface area (Å²) >= 11 is 5.58. The number of carbonyl (C=O) groups is 1. The van der Waals surface area contributed by atoms with E-state index in [1.807, 2.05) is 0 Å². The van der Waals surface area contributed by atoms with Crippen molar-refractivity contribution in [3.8, 4) is 11.5 Å². The number of amides is 1. The van der Waals surface area contributed by atoms with Crippen LogP contribution >= 0.6 is 11.6 Å². The molecule has 2 heterocycles. The van der Waals surface area contributed by atoms with E-state index in [9.17, 15) is 26.4 Å². The lowest BCUT2D eigenvalue weighted by molar-refractivity contribution is -0.142. The van der Waals surface area contributed by atoms with Crippen molar-refractivity contribution in [3.63, 3.8) is 0 Å². The van der Waals surface area contributed by atoms with Gasteiger partial charge in [-0.15, -0.1) is 0 Å². The Morgan fingerprint density at radius 1 is 1.03 bits per heavy atom. The first-order chi connectivity index (χ1) is 15.1. The van der Waals surface area contributed by atoms with Gasteiger partial charge in [-0.05, 0) is 30.3 Å². The van der Waals surface area contributed by atoms with Crippen molar-refractivity contribution in [2.24, 2.45) is 0 Å². The zero-order valence-electron chi connectivity index (χ0n) is 16.5. The van der Waals surface area contributed by atoms with Crippen LogP contribution in [0.15, 0.2) is 47.4 Å². The van der Waals surface area contributed by atoms with E-state index in [0.29, 0.717) is 17.6 Å². The number of piperazine rings is 1. The number of hydrogen-bond donors (Lipinski definition) is 0. The largest absolute Gasteiger partial charge is 0.485 e. The smallest absolute Gasteiger partial charge is 0.417 e. The van der Waals surface area contributed by atoms with E-state index >= 15 is 0 Å². The molecule has 1 amide bonds. The van der Waals surface area contributed by atoms with Crippen LogP contribution < -0.4 is 9.47 Å². The molecular formula is C20H18ClF3N2O5S. The highest BCUT2D eigenvalue weighted by Gasteiger charge is 2.38. The second-order valence-electron chi connectivity index (χ2n) is 7.23. The van der Waals surface area contributed by atoms with Crippen LogP contribution in [0.5, 0.6) is 11.5 Å². The lowest BCUT2D eigenvalue weighted by atomic mass is 10.2. The van der Waals surface area contributed by atoms with E-state index in [1.54, 1.807) is 24.3 Å². The molecule has 0 bridgehead atoms. The van der Waals surface area contributed by atoms with Crippen LogP contribution in [0.4, 0.5) is 13.2 Å². The maximum absolute atomic E-state index is 13.1. The molecule has 1 atom stereocenters. The minimum absolute atomic E-state index is 0.0271. The molecule has 2 aliphatic heterocycles. The second-order valence-corrected chi connectivity index (χ2v) is 9.58. The summed E-state index contributed by atoms with van der Waals surface area (Å²) in [6.45, 7) is 0.0301. The lowest BCUT2D eigenvalue weighted by Gasteiger charge is -2.36. The third-order valence-corrected chi connectivity index (χ3v) is 7.44. The Labute approximate surface area is 187 Å². The van der Waals surface area contributed by atoms with E-state index < -0.39 is 37.8 Å². The van der Waals surface area contributed by atoms with Crippen molar-refractivity contribution in [1.82, 2.24) is 9.21 Å². The van der Waals surface area contributed by atoms with Gasteiger partial charge in [0, 0.05) is 26.2 Å². The Bertz CT molecular complexity index is 1130. The van der Waals surface area contributed by atoms with E-state index in [2.05, 4.69) is 0 Å². The van der Waals surface area contributed by atoms with Gasteiger partial charge in [-0.3, -0.25) is 4.79 Å². The number of rotatable bonds is 3. The zero-order chi connectivity index (χ0) is 23.1. The van der Waals surface area contributed by atoms with E-state index in [4.69, 9.17) is 21.1 Å². The number of hydrogen-bond acceptors (Lipinski definition) is 5. The molecule has 0 aromatic heterocycles. The molecule has 0 aliphatic carbocycles. The SMILES string of the molecule is O=C([C@@H]1COc2ccccc2O1)N1CCN(S(=O)(=O)c2ccc(Cl)c(C(F)(F)F)c2)CC1. The zero-order valence-corrected chi connectivity index (χ0v) is 18.1. The topological polar surface area (TPSA) is 76.2 Å². The highest BCUT2D eigenvalue weighted by atomic mass is 35.5. The van der Waals surface area contributed by atoms with Gasteiger partial charge in [0.15, 0.2) is 11.5 Å². The number of benzene rings is 2. The number of ether oxygens (including phenoxy) is 2. The standard InChI is InChI=1S/C20H18ClF3N2O5S/c21-15-6-5-13(11-14(15)20(22,23)24)32(28,29)26-9-7-25(8-10-26)19(27)18-12-30-16-3-1-2-4-17(16)31-18/h1-6,11,18H,7-10,12H2/t18-/m0/s1. The van der Waals surface area contributed by atoms with Crippen molar-refractivity contribution >= 4 is 27.5 Å². The van der Waals surface area contributed by atoms with Gasteiger partial charge in [0.1, 0.15) is 6.61 Å². The Morgan fingerprint density at radius 3 is 2.34 bits per heavy atom. The fourth-order valence-electron chi connectivity index (χ4n) is 3.52. The Kier molecular flexibility index (Phi) is 5.99. The molecule has 0 radical (unpaired) electrons. The molecule has 0 spiro atoms. The Hall–Kier alpha value is -2.50. The van der Waals surface area contributed by atoms with Gasteiger partial charge in [-0.1, -0.05) is 23.7 Å². The maximum atomic E-state index is 13.1. The van der Waals surface area contributed by atoms with Crippen molar-refractivity contribution in [3.05, 3.63) is 53.1 Å². The number of fused-ring (bicyclic) bond motifs is 1. The lowest BCUT2D eigenvalue weighted by Crippen LogP contribution is -2.55. The fourth-order valence-corrected chi connectivity index (χ4v) is 5.20. The van der Waals surface area contributed by atoms with Crippen molar-refractivity contribution < 1.29 is 35.9 Å². The molecule has 0 unspecified atom stereocenters. The second kappa shape index (κ2) is 8.45. The molecule has 2 aromatic carbocycles. The molecule has 2 aliphatic rings. The van der Waals surface area contributed by atoms with Crippen molar-refractivity contribution in [1.29, 1.82) is 0 Å². The number of alkyl halides is 3. The highest BCUT2D eigenvalue weighted by Crippen LogP contribution is 2.36. The summed E-state index contributed by atoms with van der Waals surface area (Å²) in [6, 6.07) is 9.41. The van der Waals surface area contributed by atoms with Crippen molar-refractivity contribution in [2.75, 3.05) is 32.8 Å². The average molecular weight is 491 g/mol. The fraction of sp³-hybridized carbons (Fsp3) is 0.350. The predicted molar refractivity (Wildman–Crippen MR) is 108 cm³/mol. The van der Waals surface area contributed by atoms with E-state index in [1.165, 1.54) is 4.90 Å². The molecule has 0 N–H and O–H groups in total. The van der Waals surface area contributed by atoms with Crippen molar-refractivity contribution in [2.45, 2.75) is 17.2 Å². The highest BCUT2D eigenvalue weighted by molar-refractivity contribution is 7.89. The molecule has 32 heavy (non-hydrogen) atoms. The quantitative estimate of drug-likeness (QED) is 0.661. The predicted octanol–water partition coefficient (Wildman–Crippen LogP) is 3.03. The molecule has 172 valence electrons. The van der Waals surface area contributed by atoms with Gasteiger partial charge in [-0.25, -0.2) is 8.42 Å². The Balaban J connectivity index is 1.43. The van der Waals surface area contributed by atoms with Gasteiger partial charge in [0.05, 0.1) is 15.5 Å². The van der Waals surface area contributed by atoms with Gasteiger partial charge in [0.25, 0.3) is 5.91 Å². The third kappa shape index (κ3) is 4.37. The van der Waals surface area contributed by atoms with Gasteiger partial charge >= 0.3 is 6.18 Å². The number of para-hydroxylation sites is 2. The van der Waals surface area contributed by atoms with E-state index in [-0.39, 0.29) is 38.7 Å². The van der Waals surface area contributed by atoms with Crippen LogP contribution in [0.3, 0.4) is 0 Å². The summed E-state index contributed by atoms with van der Waals surface area (Å²) in [5.74, 6) is 0.637. The first kappa shape index (κ1) is 22.7. The number of nitrogens with zero attached hydrogens (tertiary/aromatic N) is 2. The van der Waals surface area contributed by atoms with Gasteiger partial charge < -0.3 is 14.4 Å². The summed E-state index contributed by atoms with van der Waals surface area (Å²) in [4.78, 5) is 13.7. The Morgan fingerprint density at radius 2 is 1.69 bits per heavy atom. The van der Waals surface area contributed by atoms with Gasteiger partial charge in [-0.2, -0.15) is 17.5 Å². The third-order valence-electron chi connectivity index (χ3n) is 5.22. The van der Waals surface area contributed by atoms with Crippen LogP contribution in [0.25, 0.3) is 0 Å². The minimum Gasteiger partial charge on any atom is -0.485 e. The molecule has 2 aromatic rings. The molecule has 7 nitrogen and oxygen atoms in total. The molecule has 12 heteroatoms. The van der Waals surface area contributed by atoms with Crippen LogP contribution in [0.2, 0.25) is 5.02 Å². The number of halogens is 4. The summed E-state index contributed by atoms with van der Waals surface area (Å²) < 4.78 is 77.3.